The maximum Gasteiger partial charge on any atom is 0.119 e. The first-order valence-electron chi connectivity index (χ1n) is 12.9. The Hall–Kier alpha value is -1.22. The zero-order valence-corrected chi connectivity index (χ0v) is 21.7. The molecule has 0 bridgehead atoms. The molecule has 0 saturated heterocycles. The average Bonchev–Trinajstić information content (AvgIpc) is 2.86. The van der Waals surface area contributed by atoms with Crippen molar-refractivity contribution in [3.05, 3.63) is 29.8 Å². The van der Waals surface area contributed by atoms with Crippen LogP contribution in [-0.2, 0) is 29.1 Å². The third-order valence-electron chi connectivity index (χ3n) is 5.88. The molecule has 1 rings (SSSR count). The largest absolute Gasteiger partial charge is 0.491 e. The predicted molar refractivity (Wildman–Crippen MR) is 135 cm³/mol. The first-order valence-corrected chi connectivity index (χ1v) is 12.9. The molecule has 1 atom stereocenters. The highest BCUT2D eigenvalue weighted by Crippen LogP contribution is 2.34. The van der Waals surface area contributed by atoms with Gasteiger partial charge < -0.3 is 33.5 Å². The molecule has 0 saturated carbocycles. The van der Waals surface area contributed by atoms with Gasteiger partial charge in [0.05, 0.1) is 72.7 Å². The Morgan fingerprint density at radius 2 is 1.12 bits per heavy atom. The summed E-state index contributed by atoms with van der Waals surface area (Å²) in [4.78, 5) is 0. The first kappa shape index (κ1) is 30.8. The number of benzene rings is 1. The summed E-state index contributed by atoms with van der Waals surface area (Å²) < 4.78 is 32.7. The molecule has 0 aliphatic carbocycles. The summed E-state index contributed by atoms with van der Waals surface area (Å²) in [5.41, 5.74) is 1.64. The molecule has 7 heteroatoms. The van der Waals surface area contributed by atoms with Crippen LogP contribution in [0.3, 0.4) is 0 Å². The summed E-state index contributed by atoms with van der Waals surface area (Å²) in [6.45, 7) is 12.5. The standard InChI is InChI=1S/C27H48O7/c1-4-6-7-12-27(3,5-2)25-8-10-26(11-9-25)34-24-23-33-22-21-32-20-19-31-18-17-30-16-15-29-14-13-28/h8-11,28H,4-7,12-24H2,1-3H3. The van der Waals surface area contributed by atoms with Crippen molar-refractivity contribution in [1.82, 2.24) is 0 Å². The van der Waals surface area contributed by atoms with Crippen LogP contribution in [0.25, 0.3) is 0 Å². The number of unbranched alkanes of at least 4 members (excludes halogenated alkanes) is 2. The molecule has 1 aromatic rings. The fourth-order valence-electron chi connectivity index (χ4n) is 3.51. The van der Waals surface area contributed by atoms with E-state index in [-0.39, 0.29) is 12.0 Å². The molecule has 0 aromatic heterocycles. The van der Waals surface area contributed by atoms with Crippen LogP contribution in [0.15, 0.2) is 24.3 Å². The van der Waals surface area contributed by atoms with Gasteiger partial charge in [0.2, 0.25) is 0 Å². The summed E-state index contributed by atoms with van der Waals surface area (Å²) in [6, 6.07) is 8.56. The Morgan fingerprint density at radius 1 is 0.647 bits per heavy atom. The minimum Gasteiger partial charge on any atom is -0.491 e. The normalized spacial score (nSPS) is 13.2. The molecule has 0 radical (unpaired) electrons. The summed E-state index contributed by atoms with van der Waals surface area (Å²) in [7, 11) is 0. The Morgan fingerprint density at radius 3 is 1.56 bits per heavy atom. The third kappa shape index (κ3) is 14.9. The Labute approximate surface area is 207 Å². The molecule has 1 unspecified atom stereocenters. The summed E-state index contributed by atoms with van der Waals surface area (Å²) in [6.07, 6.45) is 6.23. The smallest absolute Gasteiger partial charge is 0.119 e. The Bertz CT molecular complexity index is 567. The second-order valence-corrected chi connectivity index (χ2v) is 8.53. The zero-order chi connectivity index (χ0) is 24.7. The molecule has 1 N–H and O–H groups in total. The van der Waals surface area contributed by atoms with Gasteiger partial charge in [0.15, 0.2) is 0 Å². The number of hydrogen-bond acceptors (Lipinski definition) is 7. The van der Waals surface area contributed by atoms with Gasteiger partial charge in [-0.05, 0) is 36.0 Å². The maximum absolute atomic E-state index is 8.57. The molecule has 0 fully saturated rings. The van der Waals surface area contributed by atoms with Crippen LogP contribution < -0.4 is 4.74 Å². The minimum absolute atomic E-state index is 0.0362. The van der Waals surface area contributed by atoms with E-state index in [0.717, 1.165) is 12.2 Å². The summed E-state index contributed by atoms with van der Waals surface area (Å²) in [5.74, 6) is 0.884. The van der Waals surface area contributed by atoms with Crippen molar-refractivity contribution < 1.29 is 33.5 Å². The quantitative estimate of drug-likeness (QED) is 0.218. The Kier molecular flexibility index (Phi) is 19.1. The second-order valence-electron chi connectivity index (χ2n) is 8.53. The van der Waals surface area contributed by atoms with Crippen molar-refractivity contribution in [3.8, 4) is 5.75 Å². The van der Waals surface area contributed by atoms with E-state index in [2.05, 4.69) is 45.0 Å². The maximum atomic E-state index is 8.57. The highest BCUT2D eigenvalue weighted by Gasteiger charge is 2.23. The summed E-state index contributed by atoms with van der Waals surface area (Å²) in [5, 5.41) is 8.57. The van der Waals surface area contributed by atoms with Crippen molar-refractivity contribution in [2.45, 2.75) is 58.3 Å². The highest BCUT2D eigenvalue weighted by molar-refractivity contribution is 5.32. The molecular weight excluding hydrogens is 436 g/mol. The lowest BCUT2D eigenvalue weighted by molar-refractivity contribution is -0.0146. The number of rotatable bonds is 24. The van der Waals surface area contributed by atoms with E-state index in [0.29, 0.717) is 72.7 Å². The third-order valence-corrected chi connectivity index (χ3v) is 5.88. The molecule has 1 aromatic carbocycles. The lowest BCUT2D eigenvalue weighted by Gasteiger charge is -2.29. The van der Waals surface area contributed by atoms with Crippen LogP contribution in [0.2, 0.25) is 0 Å². The molecule has 0 aliphatic rings. The topological polar surface area (TPSA) is 75.6 Å². The second kappa shape index (κ2) is 21.1. The number of aliphatic hydroxyl groups excluding tert-OH is 1. The zero-order valence-electron chi connectivity index (χ0n) is 21.7. The molecule has 34 heavy (non-hydrogen) atoms. The van der Waals surface area contributed by atoms with Gasteiger partial charge >= 0.3 is 0 Å². The molecule has 0 heterocycles. The number of aliphatic hydroxyl groups is 1. The minimum atomic E-state index is 0.0362. The molecule has 0 amide bonds. The SMILES string of the molecule is CCCCCC(C)(CC)c1ccc(OCCOCCOCCOCCOCCOCCO)cc1. The monoisotopic (exact) mass is 484 g/mol. The fraction of sp³-hybridized carbons (Fsp3) is 0.778. The van der Waals surface area contributed by atoms with Gasteiger partial charge in [0, 0.05) is 0 Å². The van der Waals surface area contributed by atoms with E-state index in [4.69, 9.17) is 33.5 Å². The van der Waals surface area contributed by atoms with Crippen molar-refractivity contribution in [2.75, 3.05) is 79.3 Å². The fourth-order valence-corrected chi connectivity index (χ4v) is 3.51. The lowest BCUT2D eigenvalue weighted by atomic mass is 9.76. The van der Waals surface area contributed by atoms with Gasteiger partial charge in [-0.3, -0.25) is 0 Å². The highest BCUT2D eigenvalue weighted by atomic mass is 16.6. The summed E-state index contributed by atoms with van der Waals surface area (Å²) >= 11 is 0. The molecule has 198 valence electrons. The van der Waals surface area contributed by atoms with Crippen molar-refractivity contribution in [2.24, 2.45) is 0 Å². The van der Waals surface area contributed by atoms with Crippen LogP contribution in [0.5, 0.6) is 5.75 Å². The van der Waals surface area contributed by atoms with E-state index in [1.165, 1.54) is 31.2 Å². The van der Waals surface area contributed by atoms with E-state index >= 15 is 0 Å². The number of hydrogen-bond donors (Lipinski definition) is 1. The first-order chi connectivity index (χ1) is 16.7. The van der Waals surface area contributed by atoms with E-state index in [9.17, 15) is 0 Å². The van der Waals surface area contributed by atoms with Gasteiger partial charge in [-0.15, -0.1) is 0 Å². The molecule has 0 aliphatic heterocycles. The van der Waals surface area contributed by atoms with Crippen LogP contribution in [0.1, 0.15) is 58.4 Å². The van der Waals surface area contributed by atoms with E-state index in [1.807, 2.05) is 0 Å². The number of ether oxygens (including phenoxy) is 6. The van der Waals surface area contributed by atoms with Gasteiger partial charge in [-0.1, -0.05) is 52.2 Å². The van der Waals surface area contributed by atoms with Gasteiger partial charge in [0.1, 0.15) is 12.4 Å². The van der Waals surface area contributed by atoms with Crippen LogP contribution in [0.4, 0.5) is 0 Å². The predicted octanol–water partition coefficient (Wildman–Crippen LogP) is 4.39. The van der Waals surface area contributed by atoms with Gasteiger partial charge in [0.25, 0.3) is 0 Å². The average molecular weight is 485 g/mol. The van der Waals surface area contributed by atoms with Crippen LogP contribution >= 0.6 is 0 Å². The van der Waals surface area contributed by atoms with E-state index < -0.39 is 0 Å². The van der Waals surface area contributed by atoms with Gasteiger partial charge in [-0.25, -0.2) is 0 Å². The van der Waals surface area contributed by atoms with Crippen LogP contribution in [0, 0.1) is 0 Å². The van der Waals surface area contributed by atoms with Crippen molar-refractivity contribution >= 4 is 0 Å². The van der Waals surface area contributed by atoms with Crippen LogP contribution in [-0.4, -0.2) is 84.4 Å². The molecule has 0 spiro atoms. The lowest BCUT2D eigenvalue weighted by Crippen LogP contribution is -2.20. The van der Waals surface area contributed by atoms with Crippen molar-refractivity contribution in [3.63, 3.8) is 0 Å². The molecular formula is C27H48O7. The molecule has 7 nitrogen and oxygen atoms in total. The van der Waals surface area contributed by atoms with Crippen molar-refractivity contribution in [1.29, 1.82) is 0 Å². The van der Waals surface area contributed by atoms with Gasteiger partial charge in [-0.2, -0.15) is 0 Å². The Balaban J connectivity index is 1.97. The van der Waals surface area contributed by atoms with E-state index in [1.54, 1.807) is 0 Å².